The molecule has 0 heterocycles. The Hall–Kier alpha value is -2.60. The minimum absolute atomic E-state index is 1.29. The van der Waals surface area contributed by atoms with Crippen LogP contribution in [0.1, 0.15) is 5.56 Å². The van der Waals surface area contributed by atoms with E-state index in [9.17, 15) is 0 Å². The summed E-state index contributed by atoms with van der Waals surface area (Å²) in [7, 11) is 0. The second-order valence-corrected chi connectivity index (χ2v) is 5.54. The van der Waals surface area contributed by atoms with E-state index in [1.165, 1.54) is 38.2 Å². The van der Waals surface area contributed by atoms with E-state index in [1.54, 1.807) is 0 Å². The fourth-order valence-corrected chi connectivity index (χ4v) is 3.10. The van der Waals surface area contributed by atoms with Crippen molar-refractivity contribution in [1.29, 1.82) is 0 Å². The quantitative estimate of drug-likeness (QED) is 0.399. The van der Waals surface area contributed by atoms with Crippen LogP contribution in [0.2, 0.25) is 0 Å². The minimum Gasteiger partial charge on any atom is -0.0616 e. The van der Waals surface area contributed by atoms with Gasteiger partial charge in [0.05, 0.1) is 0 Å². The van der Waals surface area contributed by atoms with E-state index in [1.807, 2.05) is 0 Å². The van der Waals surface area contributed by atoms with E-state index in [0.717, 1.165) is 0 Å². The van der Waals surface area contributed by atoms with Crippen molar-refractivity contribution in [3.8, 4) is 11.1 Å². The molecule has 0 amide bonds. The van der Waals surface area contributed by atoms with E-state index in [0.29, 0.717) is 0 Å². The maximum absolute atomic E-state index is 2.31. The van der Waals surface area contributed by atoms with Crippen LogP contribution in [-0.2, 0) is 0 Å². The summed E-state index contributed by atoms with van der Waals surface area (Å²) >= 11 is 0. The van der Waals surface area contributed by atoms with Gasteiger partial charge in [-0.2, -0.15) is 0 Å². The second-order valence-electron chi connectivity index (χ2n) is 5.54. The normalized spacial score (nSPS) is 11.1. The first kappa shape index (κ1) is 12.2. The predicted octanol–water partition coefficient (Wildman–Crippen LogP) is 5.97. The van der Waals surface area contributed by atoms with Gasteiger partial charge in [-0.3, -0.25) is 0 Å². The van der Waals surface area contributed by atoms with Crippen molar-refractivity contribution in [2.24, 2.45) is 0 Å². The van der Waals surface area contributed by atoms with Crippen LogP contribution >= 0.6 is 0 Å². The van der Waals surface area contributed by atoms with Crippen LogP contribution in [0, 0.1) is 6.92 Å². The molecule has 0 bridgehead atoms. The molecular formula is C21H16. The molecule has 0 radical (unpaired) electrons. The van der Waals surface area contributed by atoms with Gasteiger partial charge in [0.1, 0.15) is 0 Å². The van der Waals surface area contributed by atoms with Gasteiger partial charge in [-0.25, -0.2) is 0 Å². The molecule has 0 unspecified atom stereocenters. The SMILES string of the molecule is Cc1cc2ccccc2cc1-c1cccc2ccccc12. The van der Waals surface area contributed by atoms with Crippen molar-refractivity contribution in [2.75, 3.05) is 0 Å². The number of aryl methyl sites for hydroxylation is 1. The highest BCUT2D eigenvalue weighted by Crippen LogP contribution is 2.33. The van der Waals surface area contributed by atoms with Gasteiger partial charge in [0.25, 0.3) is 0 Å². The van der Waals surface area contributed by atoms with Crippen LogP contribution in [0.3, 0.4) is 0 Å². The van der Waals surface area contributed by atoms with Crippen molar-refractivity contribution < 1.29 is 0 Å². The molecule has 0 aromatic heterocycles. The third-order valence-electron chi connectivity index (χ3n) is 4.17. The van der Waals surface area contributed by atoms with Crippen LogP contribution < -0.4 is 0 Å². The Morgan fingerprint density at radius 3 is 1.95 bits per heavy atom. The van der Waals surface area contributed by atoms with E-state index in [2.05, 4.69) is 85.8 Å². The minimum atomic E-state index is 1.29. The number of benzene rings is 4. The molecule has 0 fully saturated rings. The van der Waals surface area contributed by atoms with Crippen molar-refractivity contribution in [3.63, 3.8) is 0 Å². The van der Waals surface area contributed by atoms with Crippen molar-refractivity contribution >= 4 is 21.5 Å². The molecule has 0 aliphatic heterocycles. The highest BCUT2D eigenvalue weighted by Gasteiger charge is 2.07. The fourth-order valence-electron chi connectivity index (χ4n) is 3.10. The van der Waals surface area contributed by atoms with Crippen molar-refractivity contribution in [2.45, 2.75) is 6.92 Å². The summed E-state index contributed by atoms with van der Waals surface area (Å²) in [4.78, 5) is 0. The summed E-state index contributed by atoms with van der Waals surface area (Å²) in [5.41, 5.74) is 3.96. The van der Waals surface area contributed by atoms with Crippen molar-refractivity contribution in [1.82, 2.24) is 0 Å². The number of rotatable bonds is 1. The maximum atomic E-state index is 2.31. The summed E-state index contributed by atoms with van der Waals surface area (Å²) < 4.78 is 0. The third-order valence-corrected chi connectivity index (χ3v) is 4.17. The first-order valence-corrected chi connectivity index (χ1v) is 7.30. The molecule has 0 atom stereocenters. The van der Waals surface area contributed by atoms with Crippen LogP contribution in [0.5, 0.6) is 0 Å². The highest BCUT2D eigenvalue weighted by molar-refractivity contribution is 6.00. The van der Waals surface area contributed by atoms with Gasteiger partial charge in [0.15, 0.2) is 0 Å². The summed E-state index contributed by atoms with van der Waals surface area (Å²) in [5, 5.41) is 5.21. The Morgan fingerprint density at radius 2 is 1.14 bits per heavy atom. The number of hydrogen-bond acceptors (Lipinski definition) is 0. The maximum Gasteiger partial charge on any atom is -0.0103 e. The first-order valence-electron chi connectivity index (χ1n) is 7.30. The topological polar surface area (TPSA) is 0 Å². The molecule has 4 rings (SSSR count). The molecule has 0 aliphatic carbocycles. The summed E-state index contributed by atoms with van der Waals surface area (Å²) in [6.07, 6.45) is 0. The van der Waals surface area contributed by atoms with E-state index < -0.39 is 0 Å². The Labute approximate surface area is 124 Å². The van der Waals surface area contributed by atoms with Gasteiger partial charge in [0.2, 0.25) is 0 Å². The molecule has 0 spiro atoms. The molecule has 4 aromatic rings. The summed E-state index contributed by atoms with van der Waals surface area (Å²) in [6, 6.07) is 28.3. The zero-order valence-corrected chi connectivity index (χ0v) is 12.0. The van der Waals surface area contributed by atoms with Crippen LogP contribution in [0.25, 0.3) is 32.7 Å². The predicted molar refractivity (Wildman–Crippen MR) is 91.6 cm³/mol. The zero-order valence-electron chi connectivity index (χ0n) is 12.0. The number of hydrogen-bond donors (Lipinski definition) is 0. The van der Waals surface area contributed by atoms with Gasteiger partial charge >= 0.3 is 0 Å². The second kappa shape index (κ2) is 4.75. The van der Waals surface area contributed by atoms with Crippen molar-refractivity contribution in [3.05, 3.63) is 84.4 Å². The average Bonchev–Trinajstić information content (AvgIpc) is 2.54. The Balaban J connectivity index is 2.06. The molecule has 0 aliphatic rings. The summed E-state index contributed by atoms with van der Waals surface area (Å²) in [6.45, 7) is 2.20. The molecule has 21 heavy (non-hydrogen) atoms. The fraction of sp³-hybridized carbons (Fsp3) is 0.0476. The molecule has 0 saturated carbocycles. The van der Waals surface area contributed by atoms with Gasteiger partial charge in [-0.1, -0.05) is 72.8 Å². The zero-order chi connectivity index (χ0) is 14.2. The Bertz CT molecular complexity index is 943. The van der Waals surface area contributed by atoms with E-state index in [-0.39, 0.29) is 0 Å². The molecule has 0 heteroatoms. The first-order chi connectivity index (χ1) is 10.3. The lowest BCUT2D eigenvalue weighted by Gasteiger charge is -2.11. The Morgan fingerprint density at radius 1 is 0.524 bits per heavy atom. The van der Waals surface area contributed by atoms with Gasteiger partial charge in [-0.05, 0) is 51.2 Å². The van der Waals surface area contributed by atoms with Crippen LogP contribution in [0.15, 0.2) is 78.9 Å². The highest BCUT2D eigenvalue weighted by atomic mass is 14.1. The lowest BCUT2D eigenvalue weighted by molar-refractivity contribution is 1.49. The monoisotopic (exact) mass is 268 g/mol. The lowest BCUT2D eigenvalue weighted by atomic mass is 9.93. The standard InChI is InChI=1S/C21H16/c1-15-13-17-8-2-3-9-18(17)14-21(15)20-12-6-10-16-7-4-5-11-19(16)20/h2-14H,1H3. The van der Waals surface area contributed by atoms with Crippen LogP contribution in [0.4, 0.5) is 0 Å². The average molecular weight is 268 g/mol. The smallest absolute Gasteiger partial charge is 0.0103 e. The molecule has 100 valence electrons. The van der Waals surface area contributed by atoms with Gasteiger partial charge in [-0.15, -0.1) is 0 Å². The number of fused-ring (bicyclic) bond motifs is 2. The molecule has 0 N–H and O–H groups in total. The molecule has 0 saturated heterocycles. The summed E-state index contributed by atoms with van der Waals surface area (Å²) in [5.74, 6) is 0. The largest absolute Gasteiger partial charge is 0.0616 e. The molecule has 4 aromatic carbocycles. The third kappa shape index (κ3) is 2.00. The molecule has 0 nitrogen and oxygen atoms in total. The molecular weight excluding hydrogens is 252 g/mol. The van der Waals surface area contributed by atoms with Gasteiger partial charge < -0.3 is 0 Å². The van der Waals surface area contributed by atoms with Crippen LogP contribution in [-0.4, -0.2) is 0 Å². The van der Waals surface area contributed by atoms with E-state index in [4.69, 9.17) is 0 Å². The van der Waals surface area contributed by atoms with Gasteiger partial charge in [0, 0.05) is 0 Å². The lowest BCUT2D eigenvalue weighted by Crippen LogP contribution is -1.86. The Kier molecular flexibility index (Phi) is 2.75. The van der Waals surface area contributed by atoms with E-state index >= 15 is 0 Å².